The number of nitrogens with two attached hydrogens (primary N) is 1. The second kappa shape index (κ2) is 3.75. The van der Waals surface area contributed by atoms with Gasteiger partial charge in [0.25, 0.3) is 0 Å². The maximum atomic E-state index is 5.65. The average Bonchev–Trinajstić information content (AvgIpc) is 3.00. The molecule has 84 valence electrons. The minimum absolute atomic E-state index is 0.318. The fraction of sp³-hybridized carbons (Fsp3) is 0. The summed E-state index contributed by atoms with van der Waals surface area (Å²) in [6, 6.07) is 7.72. The van der Waals surface area contributed by atoms with Crippen molar-refractivity contribution in [1.29, 1.82) is 0 Å². The van der Waals surface area contributed by atoms with Crippen molar-refractivity contribution in [2.24, 2.45) is 0 Å². The molecule has 0 saturated carbocycles. The molecule has 0 aliphatic carbocycles. The summed E-state index contributed by atoms with van der Waals surface area (Å²) >= 11 is 0. The van der Waals surface area contributed by atoms with Crippen LogP contribution in [0.2, 0.25) is 0 Å². The third kappa shape index (κ3) is 1.65. The van der Waals surface area contributed by atoms with E-state index >= 15 is 0 Å². The van der Waals surface area contributed by atoms with Crippen LogP contribution in [0, 0.1) is 0 Å². The molecule has 0 amide bonds. The zero-order valence-electron chi connectivity index (χ0n) is 8.82. The Morgan fingerprint density at radius 1 is 1.18 bits per heavy atom. The van der Waals surface area contributed by atoms with Crippen LogP contribution in [0.5, 0.6) is 0 Å². The van der Waals surface area contributed by atoms with Crippen molar-refractivity contribution in [1.82, 2.24) is 19.9 Å². The highest BCUT2D eigenvalue weighted by molar-refractivity contribution is 5.72. The maximum absolute atomic E-state index is 5.65. The first-order chi connectivity index (χ1) is 8.34. The highest BCUT2D eigenvalue weighted by atomic mass is 16.5. The van der Waals surface area contributed by atoms with Gasteiger partial charge < -0.3 is 10.3 Å². The van der Waals surface area contributed by atoms with Gasteiger partial charge in [-0.25, -0.2) is 9.67 Å². The van der Waals surface area contributed by atoms with Crippen molar-refractivity contribution in [3.05, 3.63) is 43.1 Å². The molecule has 0 spiro atoms. The molecule has 3 aromatic rings. The Hall–Kier alpha value is -2.63. The van der Waals surface area contributed by atoms with E-state index in [0.717, 1.165) is 16.8 Å². The van der Waals surface area contributed by atoms with Gasteiger partial charge in [0.1, 0.15) is 12.7 Å². The summed E-state index contributed by atoms with van der Waals surface area (Å²) < 4.78 is 6.50. The zero-order valence-corrected chi connectivity index (χ0v) is 8.82. The molecule has 6 heteroatoms. The van der Waals surface area contributed by atoms with Crippen molar-refractivity contribution in [2.75, 3.05) is 5.73 Å². The van der Waals surface area contributed by atoms with Crippen molar-refractivity contribution in [3.63, 3.8) is 0 Å². The number of benzene rings is 1. The molecule has 3 rings (SSSR count). The molecule has 0 radical (unpaired) electrons. The molecule has 0 aliphatic heterocycles. The summed E-state index contributed by atoms with van der Waals surface area (Å²) in [5.74, 6) is 0.318. The Balaban J connectivity index is 1.99. The minimum atomic E-state index is 0.318. The van der Waals surface area contributed by atoms with Crippen LogP contribution < -0.4 is 5.73 Å². The molecular formula is C11H9N5O. The molecule has 2 N–H and O–H groups in total. The first kappa shape index (κ1) is 9.59. The number of hydrogen-bond donors (Lipinski definition) is 1. The van der Waals surface area contributed by atoms with Gasteiger partial charge in [0.15, 0.2) is 0 Å². The standard InChI is InChI=1S/C11H9N5O/c12-11-10(5-15-17-11)8-1-3-9(4-2-8)16-7-13-6-14-16/h1-7H,12H2. The third-order valence-corrected chi connectivity index (χ3v) is 2.46. The zero-order chi connectivity index (χ0) is 11.7. The van der Waals surface area contributed by atoms with E-state index in [-0.39, 0.29) is 0 Å². The third-order valence-electron chi connectivity index (χ3n) is 2.46. The molecule has 6 nitrogen and oxygen atoms in total. The average molecular weight is 227 g/mol. The Labute approximate surface area is 96.7 Å². The van der Waals surface area contributed by atoms with Gasteiger partial charge in [-0.1, -0.05) is 17.3 Å². The predicted molar refractivity (Wildman–Crippen MR) is 61.3 cm³/mol. The highest BCUT2D eigenvalue weighted by Crippen LogP contribution is 2.25. The number of nitrogens with zero attached hydrogens (tertiary/aromatic N) is 4. The summed E-state index contributed by atoms with van der Waals surface area (Å²) in [7, 11) is 0. The number of aromatic nitrogens is 4. The van der Waals surface area contributed by atoms with E-state index in [1.54, 1.807) is 17.2 Å². The van der Waals surface area contributed by atoms with Gasteiger partial charge in [-0.05, 0) is 17.7 Å². The van der Waals surface area contributed by atoms with E-state index < -0.39 is 0 Å². The maximum Gasteiger partial charge on any atom is 0.229 e. The summed E-state index contributed by atoms with van der Waals surface area (Å²) in [6.07, 6.45) is 4.73. The van der Waals surface area contributed by atoms with Gasteiger partial charge in [-0.15, -0.1) is 0 Å². The lowest BCUT2D eigenvalue weighted by molar-refractivity contribution is 0.436. The topological polar surface area (TPSA) is 82.8 Å². The summed E-state index contributed by atoms with van der Waals surface area (Å²) in [5.41, 5.74) is 8.32. The van der Waals surface area contributed by atoms with Crippen molar-refractivity contribution >= 4 is 5.88 Å². The monoisotopic (exact) mass is 227 g/mol. The largest absolute Gasteiger partial charge is 0.367 e. The first-order valence-corrected chi connectivity index (χ1v) is 5.00. The second-order valence-corrected chi connectivity index (χ2v) is 3.49. The quantitative estimate of drug-likeness (QED) is 0.717. The normalized spacial score (nSPS) is 10.6. The molecular weight excluding hydrogens is 218 g/mol. The van der Waals surface area contributed by atoms with E-state index in [1.807, 2.05) is 24.3 Å². The van der Waals surface area contributed by atoms with E-state index in [2.05, 4.69) is 15.2 Å². The van der Waals surface area contributed by atoms with Gasteiger partial charge >= 0.3 is 0 Å². The van der Waals surface area contributed by atoms with Crippen LogP contribution in [0.3, 0.4) is 0 Å². The van der Waals surface area contributed by atoms with E-state index in [4.69, 9.17) is 10.3 Å². The van der Waals surface area contributed by atoms with Gasteiger partial charge in [-0.3, -0.25) is 0 Å². The molecule has 0 atom stereocenters. The van der Waals surface area contributed by atoms with Crippen LogP contribution in [-0.4, -0.2) is 19.9 Å². The molecule has 17 heavy (non-hydrogen) atoms. The molecule has 0 aliphatic rings. The Bertz CT molecular complexity index is 612. The number of nitrogen functional groups attached to an aromatic ring is 1. The van der Waals surface area contributed by atoms with Crippen molar-refractivity contribution < 1.29 is 4.52 Å². The van der Waals surface area contributed by atoms with Crippen LogP contribution in [0.1, 0.15) is 0 Å². The van der Waals surface area contributed by atoms with Crippen LogP contribution in [0.15, 0.2) is 47.6 Å². The molecule has 0 saturated heterocycles. The second-order valence-electron chi connectivity index (χ2n) is 3.49. The molecule has 1 aromatic carbocycles. The number of anilines is 1. The van der Waals surface area contributed by atoms with Crippen LogP contribution >= 0.6 is 0 Å². The molecule has 0 unspecified atom stereocenters. The molecule has 2 aromatic heterocycles. The first-order valence-electron chi connectivity index (χ1n) is 5.00. The smallest absolute Gasteiger partial charge is 0.229 e. The Morgan fingerprint density at radius 3 is 2.59 bits per heavy atom. The lowest BCUT2D eigenvalue weighted by Crippen LogP contribution is -1.93. The predicted octanol–water partition coefficient (Wildman–Crippen LogP) is 1.50. The van der Waals surface area contributed by atoms with Crippen molar-refractivity contribution in [3.8, 4) is 16.8 Å². The summed E-state index contributed by atoms with van der Waals surface area (Å²) in [6.45, 7) is 0. The molecule has 2 heterocycles. The van der Waals surface area contributed by atoms with Gasteiger partial charge in [0.05, 0.1) is 17.4 Å². The lowest BCUT2D eigenvalue weighted by atomic mass is 10.1. The van der Waals surface area contributed by atoms with E-state index in [1.165, 1.54) is 6.33 Å². The molecule has 0 fully saturated rings. The van der Waals surface area contributed by atoms with Gasteiger partial charge in [-0.2, -0.15) is 5.10 Å². The Kier molecular flexibility index (Phi) is 2.11. The number of rotatable bonds is 2. The van der Waals surface area contributed by atoms with E-state index in [0.29, 0.717) is 5.88 Å². The SMILES string of the molecule is Nc1oncc1-c1ccc(-n2cncn2)cc1. The fourth-order valence-corrected chi connectivity index (χ4v) is 1.60. The Morgan fingerprint density at radius 2 is 2.00 bits per heavy atom. The molecule has 0 bridgehead atoms. The van der Waals surface area contributed by atoms with E-state index in [9.17, 15) is 0 Å². The van der Waals surface area contributed by atoms with Crippen LogP contribution in [0.4, 0.5) is 5.88 Å². The number of hydrogen-bond acceptors (Lipinski definition) is 5. The lowest BCUT2D eigenvalue weighted by Gasteiger charge is -2.02. The highest BCUT2D eigenvalue weighted by Gasteiger charge is 2.06. The van der Waals surface area contributed by atoms with Crippen molar-refractivity contribution in [2.45, 2.75) is 0 Å². The van der Waals surface area contributed by atoms with Crippen LogP contribution in [-0.2, 0) is 0 Å². The van der Waals surface area contributed by atoms with Crippen LogP contribution in [0.25, 0.3) is 16.8 Å². The van der Waals surface area contributed by atoms with Gasteiger partial charge in [0.2, 0.25) is 5.88 Å². The minimum Gasteiger partial charge on any atom is -0.367 e. The summed E-state index contributed by atoms with van der Waals surface area (Å²) in [5, 5.41) is 7.69. The summed E-state index contributed by atoms with van der Waals surface area (Å²) in [4.78, 5) is 3.89. The fourth-order valence-electron chi connectivity index (χ4n) is 1.60. The van der Waals surface area contributed by atoms with Gasteiger partial charge in [0, 0.05) is 0 Å².